The lowest BCUT2D eigenvalue weighted by atomic mass is 9.78. The van der Waals surface area contributed by atoms with E-state index < -0.39 is 46.5 Å². The molecule has 1 fully saturated rings. The number of hydrogen-bond donors (Lipinski definition) is 0. The van der Waals surface area contributed by atoms with Crippen LogP contribution in [0.15, 0.2) is 36.9 Å². The van der Waals surface area contributed by atoms with E-state index in [0.29, 0.717) is 18.9 Å². The molecular formula is C21H17F7O. The van der Waals surface area contributed by atoms with Crippen molar-refractivity contribution in [3.05, 3.63) is 77.1 Å². The minimum atomic E-state index is -4.44. The highest BCUT2D eigenvalue weighted by molar-refractivity contribution is 5.33. The molecule has 8 heteroatoms. The van der Waals surface area contributed by atoms with Crippen molar-refractivity contribution in [3.63, 3.8) is 0 Å². The minimum Gasteiger partial charge on any atom is -0.429 e. The van der Waals surface area contributed by atoms with Crippen molar-refractivity contribution >= 4 is 0 Å². The molecule has 0 saturated heterocycles. The lowest BCUT2D eigenvalue weighted by Gasteiger charge is -2.28. The number of hydrogen-bond acceptors (Lipinski definition) is 1. The lowest BCUT2D eigenvalue weighted by molar-refractivity contribution is -0.188. The molecule has 0 spiro atoms. The second kappa shape index (κ2) is 8.08. The zero-order chi connectivity index (χ0) is 21.3. The molecule has 0 radical (unpaired) electrons. The molecule has 0 aliphatic heterocycles. The van der Waals surface area contributed by atoms with Crippen LogP contribution in [0.1, 0.15) is 42.7 Å². The van der Waals surface area contributed by atoms with Crippen LogP contribution in [0.25, 0.3) is 0 Å². The van der Waals surface area contributed by atoms with E-state index in [1.165, 1.54) is 0 Å². The summed E-state index contributed by atoms with van der Waals surface area (Å²) >= 11 is 0. The van der Waals surface area contributed by atoms with Crippen LogP contribution in [-0.4, -0.2) is 0 Å². The quantitative estimate of drug-likeness (QED) is 0.289. The van der Waals surface area contributed by atoms with Crippen molar-refractivity contribution in [2.75, 3.05) is 0 Å². The van der Waals surface area contributed by atoms with Crippen molar-refractivity contribution in [2.24, 2.45) is 5.92 Å². The predicted molar refractivity (Wildman–Crippen MR) is 92.1 cm³/mol. The van der Waals surface area contributed by atoms with E-state index in [1.54, 1.807) is 6.08 Å². The Hall–Kier alpha value is -2.51. The van der Waals surface area contributed by atoms with Gasteiger partial charge in [-0.2, -0.15) is 8.78 Å². The van der Waals surface area contributed by atoms with Crippen LogP contribution in [0, 0.1) is 35.0 Å². The molecule has 0 amide bonds. The third kappa shape index (κ3) is 4.26. The Bertz CT molecular complexity index is 894. The fourth-order valence-electron chi connectivity index (χ4n) is 3.56. The summed E-state index contributed by atoms with van der Waals surface area (Å²) in [6.07, 6.45) is -0.0490. The van der Waals surface area contributed by atoms with Crippen LogP contribution >= 0.6 is 0 Å². The normalized spacial score (nSPS) is 19.8. The first-order valence-electron chi connectivity index (χ1n) is 8.96. The fraction of sp³-hybridized carbons (Fsp3) is 0.333. The molecule has 0 heterocycles. The number of halogens is 7. The highest BCUT2D eigenvalue weighted by atomic mass is 19.3. The van der Waals surface area contributed by atoms with Crippen LogP contribution < -0.4 is 4.74 Å². The van der Waals surface area contributed by atoms with E-state index in [9.17, 15) is 30.7 Å². The second-order valence-electron chi connectivity index (χ2n) is 7.00. The molecule has 1 aliphatic rings. The van der Waals surface area contributed by atoms with Gasteiger partial charge in [0.25, 0.3) is 0 Å². The monoisotopic (exact) mass is 418 g/mol. The second-order valence-corrected chi connectivity index (χ2v) is 7.00. The third-order valence-electron chi connectivity index (χ3n) is 5.17. The van der Waals surface area contributed by atoms with Crippen LogP contribution in [0.2, 0.25) is 0 Å². The Labute approximate surface area is 162 Å². The van der Waals surface area contributed by atoms with Gasteiger partial charge in [-0.15, -0.1) is 6.58 Å². The molecule has 2 aromatic rings. The van der Waals surface area contributed by atoms with Crippen molar-refractivity contribution in [3.8, 4) is 5.75 Å². The van der Waals surface area contributed by atoms with Crippen LogP contribution in [-0.2, 0) is 6.11 Å². The zero-order valence-corrected chi connectivity index (χ0v) is 15.1. The van der Waals surface area contributed by atoms with Gasteiger partial charge < -0.3 is 4.74 Å². The van der Waals surface area contributed by atoms with E-state index in [0.717, 1.165) is 18.9 Å². The van der Waals surface area contributed by atoms with Crippen LogP contribution in [0.4, 0.5) is 30.7 Å². The minimum absolute atomic E-state index is 0.0107. The van der Waals surface area contributed by atoms with Gasteiger partial charge >= 0.3 is 6.11 Å². The molecule has 1 nitrogen and oxygen atoms in total. The van der Waals surface area contributed by atoms with Crippen LogP contribution in [0.3, 0.4) is 0 Å². The molecule has 0 unspecified atom stereocenters. The van der Waals surface area contributed by atoms with Crippen LogP contribution in [0.5, 0.6) is 5.75 Å². The molecule has 0 N–H and O–H groups in total. The van der Waals surface area contributed by atoms with Gasteiger partial charge in [-0.25, -0.2) is 22.0 Å². The summed E-state index contributed by atoms with van der Waals surface area (Å²) in [6.45, 7) is 3.70. The smallest absolute Gasteiger partial charge is 0.429 e. The molecule has 2 aromatic carbocycles. The third-order valence-corrected chi connectivity index (χ3v) is 5.17. The molecule has 156 valence electrons. The van der Waals surface area contributed by atoms with E-state index in [4.69, 9.17) is 0 Å². The highest BCUT2D eigenvalue weighted by Gasteiger charge is 2.40. The van der Waals surface area contributed by atoms with Crippen molar-refractivity contribution in [1.82, 2.24) is 0 Å². The molecular weight excluding hydrogens is 401 g/mol. The molecule has 0 aromatic heterocycles. The summed E-state index contributed by atoms with van der Waals surface area (Å²) in [5.74, 6) is -9.70. The average molecular weight is 418 g/mol. The summed E-state index contributed by atoms with van der Waals surface area (Å²) < 4.78 is 101. The first-order chi connectivity index (χ1) is 13.6. The van der Waals surface area contributed by atoms with Gasteiger partial charge in [-0.05, 0) is 49.1 Å². The maximum Gasteiger partial charge on any atom is 0.429 e. The topological polar surface area (TPSA) is 9.23 Å². The molecule has 0 bridgehead atoms. The van der Waals surface area contributed by atoms with Gasteiger partial charge in [-0.3, -0.25) is 0 Å². The number of alkyl halides is 2. The van der Waals surface area contributed by atoms with E-state index in [-0.39, 0.29) is 29.5 Å². The zero-order valence-electron chi connectivity index (χ0n) is 15.1. The van der Waals surface area contributed by atoms with Gasteiger partial charge in [0.1, 0.15) is 11.3 Å². The van der Waals surface area contributed by atoms with Gasteiger partial charge in [0.2, 0.25) is 0 Å². The Balaban J connectivity index is 1.86. The Morgan fingerprint density at radius 1 is 0.862 bits per heavy atom. The Morgan fingerprint density at radius 3 is 2.00 bits per heavy atom. The summed E-state index contributed by atoms with van der Waals surface area (Å²) in [4.78, 5) is 0. The first kappa shape index (κ1) is 21.2. The lowest BCUT2D eigenvalue weighted by Crippen LogP contribution is -2.25. The van der Waals surface area contributed by atoms with Crippen molar-refractivity contribution in [2.45, 2.75) is 37.7 Å². The summed E-state index contributed by atoms with van der Waals surface area (Å²) in [5.41, 5.74) is -1.44. The van der Waals surface area contributed by atoms with Gasteiger partial charge in [0.15, 0.2) is 29.1 Å². The van der Waals surface area contributed by atoms with Gasteiger partial charge in [0.05, 0.1) is 0 Å². The number of ether oxygens (including phenoxy) is 1. The summed E-state index contributed by atoms with van der Waals surface area (Å²) in [5, 5.41) is 0. The Kier molecular flexibility index (Phi) is 5.91. The molecule has 1 aliphatic carbocycles. The fourth-order valence-corrected chi connectivity index (χ4v) is 3.56. The van der Waals surface area contributed by atoms with E-state index >= 15 is 0 Å². The maximum absolute atomic E-state index is 14.5. The number of rotatable bonds is 5. The number of allylic oxidation sites excluding steroid dienone is 1. The SMILES string of the molecule is C=CC1CCC(c2ccc(C(F)(F)Oc3cc(F)c(F)c(F)c3)c(F)c2F)CC1. The molecule has 29 heavy (non-hydrogen) atoms. The molecule has 0 atom stereocenters. The number of benzene rings is 2. The summed E-state index contributed by atoms with van der Waals surface area (Å²) in [6, 6.07) is 2.12. The largest absolute Gasteiger partial charge is 0.429 e. The van der Waals surface area contributed by atoms with Crippen molar-refractivity contribution in [1.29, 1.82) is 0 Å². The van der Waals surface area contributed by atoms with E-state index in [2.05, 4.69) is 11.3 Å². The first-order valence-corrected chi connectivity index (χ1v) is 8.96. The maximum atomic E-state index is 14.5. The highest BCUT2D eigenvalue weighted by Crippen LogP contribution is 2.40. The van der Waals surface area contributed by atoms with Crippen molar-refractivity contribution < 1.29 is 35.5 Å². The Morgan fingerprint density at radius 2 is 1.45 bits per heavy atom. The van der Waals surface area contributed by atoms with E-state index in [1.807, 2.05) is 0 Å². The average Bonchev–Trinajstić information content (AvgIpc) is 2.67. The standard InChI is InChI=1S/C21H17F7O/c1-2-11-3-5-12(6-4-11)14-7-8-15(19(25)18(14)24)21(27,28)29-13-9-16(22)20(26)17(23)10-13/h2,7-12H,1,3-6H2. The van der Waals surface area contributed by atoms with Gasteiger partial charge in [0, 0.05) is 12.1 Å². The molecule has 3 rings (SSSR count). The molecule has 1 saturated carbocycles. The predicted octanol–water partition coefficient (Wildman–Crippen LogP) is 6.97. The summed E-state index contributed by atoms with van der Waals surface area (Å²) in [7, 11) is 0. The van der Waals surface area contributed by atoms with Gasteiger partial charge in [-0.1, -0.05) is 12.1 Å².